The summed E-state index contributed by atoms with van der Waals surface area (Å²) in [5, 5.41) is 10.6. The Hall–Kier alpha value is -4.09. The topological polar surface area (TPSA) is 95.0 Å². The third-order valence-electron chi connectivity index (χ3n) is 5.73. The smallest absolute Gasteiger partial charge is 0.281 e. The van der Waals surface area contributed by atoms with Crippen LogP contribution >= 0.6 is 11.6 Å². The number of para-hydroxylation sites is 1. The van der Waals surface area contributed by atoms with Crippen LogP contribution in [0.4, 0.5) is 5.82 Å². The van der Waals surface area contributed by atoms with Gasteiger partial charge in [-0.05, 0) is 25.1 Å². The number of aromatic nitrogens is 5. The van der Waals surface area contributed by atoms with Gasteiger partial charge in [0.2, 0.25) is 0 Å². The fourth-order valence-electron chi connectivity index (χ4n) is 4.22. The van der Waals surface area contributed by atoms with Gasteiger partial charge in [0, 0.05) is 40.5 Å². The molecular formula is C24H17ClN7OSi. The van der Waals surface area contributed by atoms with Crippen LogP contribution in [0.2, 0.25) is 5.02 Å². The fourth-order valence-corrected chi connectivity index (χ4v) is 4.76. The van der Waals surface area contributed by atoms with Gasteiger partial charge in [0.05, 0.1) is 21.7 Å². The van der Waals surface area contributed by atoms with Crippen LogP contribution in [0.15, 0.2) is 66.1 Å². The maximum Gasteiger partial charge on any atom is 0.281 e. The Balaban J connectivity index is 1.81. The summed E-state index contributed by atoms with van der Waals surface area (Å²) < 4.78 is 3.35. The first kappa shape index (κ1) is 21.7. The Morgan fingerprint density at radius 3 is 2.76 bits per heavy atom. The van der Waals surface area contributed by atoms with Crippen molar-refractivity contribution in [2.45, 2.75) is 13.0 Å². The number of nitrogens with one attached hydrogen (secondary N) is 1. The molecule has 1 atom stereocenters. The van der Waals surface area contributed by atoms with Crippen molar-refractivity contribution >= 4 is 43.7 Å². The molecule has 0 bridgehead atoms. The van der Waals surface area contributed by atoms with Gasteiger partial charge in [0.25, 0.3) is 5.56 Å². The molecule has 1 radical (unpaired) electrons. The molecule has 0 aliphatic carbocycles. The van der Waals surface area contributed by atoms with E-state index in [1.54, 1.807) is 27.4 Å². The molecule has 8 nitrogen and oxygen atoms in total. The molecule has 165 valence electrons. The van der Waals surface area contributed by atoms with E-state index in [1.807, 2.05) is 48.4 Å². The number of nitriles is 1. The number of nitrogens with zero attached hydrogens (tertiary/aromatic N) is 6. The summed E-state index contributed by atoms with van der Waals surface area (Å²) in [5.41, 5.74) is 5.59. The summed E-state index contributed by atoms with van der Waals surface area (Å²) in [6.07, 6.45) is 6.67. The lowest BCUT2D eigenvalue weighted by Gasteiger charge is -2.31. The van der Waals surface area contributed by atoms with Crippen molar-refractivity contribution in [1.29, 1.82) is 5.26 Å². The Morgan fingerprint density at radius 1 is 1.26 bits per heavy atom. The van der Waals surface area contributed by atoms with Gasteiger partial charge in [-0.25, -0.2) is 9.97 Å². The standard InChI is InChI=1S/C24H17ClN7OSi/c1-2-31(23-20-15(10-26)11-27-22(20)28-14-29-23)19(13-34)18-12-30-9-8-17(25)21(30)24(33)32(18)16-6-4-3-5-7-16/h3-9,11-12,14,19H,2H2,1H3,(H,27,28,29). The van der Waals surface area contributed by atoms with Crippen LogP contribution in [0.25, 0.3) is 22.2 Å². The van der Waals surface area contributed by atoms with Gasteiger partial charge in [-0.2, -0.15) is 5.26 Å². The average molecular weight is 483 g/mol. The SMILES string of the molecule is CCN(c1ncnc2[nH]cc(C#N)c12)C(C#[Si])c1cn2ccc(Cl)c2c(=O)n1-c1ccccc1. The second-order valence-electron chi connectivity index (χ2n) is 7.52. The Morgan fingerprint density at radius 2 is 2.06 bits per heavy atom. The normalized spacial score (nSPS) is 11.9. The van der Waals surface area contributed by atoms with E-state index in [0.29, 0.717) is 50.9 Å². The summed E-state index contributed by atoms with van der Waals surface area (Å²) in [6.45, 7) is 2.48. The monoisotopic (exact) mass is 482 g/mol. The van der Waals surface area contributed by atoms with Gasteiger partial charge in [0.15, 0.2) is 0 Å². The highest BCUT2D eigenvalue weighted by molar-refractivity contribution is 6.33. The highest BCUT2D eigenvalue weighted by Gasteiger charge is 2.27. The van der Waals surface area contributed by atoms with Crippen molar-refractivity contribution < 1.29 is 0 Å². The van der Waals surface area contributed by atoms with Crippen molar-refractivity contribution in [2.24, 2.45) is 0 Å². The highest BCUT2D eigenvalue weighted by Crippen LogP contribution is 2.32. The van der Waals surface area contributed by atoms with Crippen molar-refractivity contribution in [1.82, 2.24) is 23.9 Å². The molecule has 1 aromatic carbocycles. The molecule has 5 aromatic rings. The van der Waals surface area contributed by atoms with Gasteiger partial charge < -0.3 is 14.3 Å². The number of anilines is 1. The number of H-pyrrole nitrogens is 1. The highest BCUT2D eigenvalue weighted by atomic mass is 35.5. The maximum absolute atomic E-state index is 13.7. The molecule has 10 heteroatoms. The molecule has 1 unspecified atom stereocenters. The molecule has 0 aliphatic heterocycles. The molecule has 0 aliphatic rings. The largest absolute Gasteiger partial charge is 0.345 e. The predicted molar refractivity (Wildman–Crippen MR) is 132 cm³/mol. The molecule has 1 N–H and O–H groups in total. The van der Waals surface area contributed by atoms with Crippen LogP contribution in [0.3, 0.4) is 0 Å². The first-order valence-corrected chi connectivity index (χ1v) is 11.4. The van der Waals surface area contributed by atoms with Crippen LogP contribution in [-0.4, -0.2) is 40.1 Å². The Bertz CT molecular complexity index is 1670. The van der Waals surface area contributed by atoms with E-state index >= 15 is 0 Å². The van der Waals surface area contributed by atoms with Crippen LogP contribution in [0.1, 0.15) is 24.2 Å². The number of benzene rings is 1. The zero-order valence-corrected chi connectivity index (χ0v) is 19.8. The quantitative estimate of drug-likeness (QED) is 0.386. The lowest BCUT2D eigenvalue weighted by molar-refractivity contribution is 0.698. The number of rotatable bonds is 5. The van der Waals surface area contributed by atoms with Crippen LogP contribution in [-0.2, 0) is 0 Å². The zero-order valence-electron chi connectivity index (χ0n) is 18.0. The fraction of sp³-hybridized carbons (Fsp3) is 0.125. The number of hydrogen-bond donors (Lipinski definition) is 1. The number of aromatic amines is 1. The second-order valence-corrected chi connectivity index (χ2v) is 8.21. The van der Waals surface area contributed by atoms with E-state index < -0.39 is 6.04 Å². The van der Waals surface area contributed by atoms with Crippen LogP contribution < -0.4 is 10.5 Å². The average Bonchev–Trinajstić information content (AvgIpc) is 3.46. The van der Waals surface area contributed by atoms with E-state index in [4.69, 9.17) is 11.6 Å². The van der Waals surface area contributed by atoms with E-state index in [1.165, 1.54) is 6.33 Å². The summed E-state index contributed by atoms with van der Waals surface area (Å²) in [6, 6.07) is 12.7. The second kappa shape index (κ2) is 8.69. The van der Waals surface area contributed by atoms with E-state index in [2.05, 4.69) is 36.2 Å². The lowest BCUT2D eigenvalue weighted by atomic mass is 10.1. The first-order valence-electron chi connectivity index (χ1n) is 10.5. The summed E-state index contributed by atoms with van der Waals surface area (Å²) in [5.74, 6) is 0.554. The minimum atomic E-state index is -0.556. The Labute approximate surface area is 202 Å². The third-order valence-corrected chi connectivity index (χ3v) is 6.31. The summed E-state index contributed by atoms with van der Waals surface area (Å²) in [7, 11) is 3.48. The lowest BCUT2D eigenvalue weighted by Crippen LogP contribution is -2.34. The summed E-state index contributed by atoms with van der Waals surface area (Å²) >= 11 is 6.35. The molecule has 5 rings (SSSR count). The van der Waals surface area contributed by atoms with Gasteiger partial charge in [-0.15, -0.1) is 5.50 Å². The molecular weight excluding hydrogens is 466 g/mol. The molecule has 0 saturated carbocycles. The van der Waals surface area contributed by atoms with E-state index in [9.17, 15) is 10.1 Å². The molecule has 0 saturated heterocycles. The van der Waals surface area contributed by atoms with Crippen LogP contribution in [0.5, 0.6) is 0 Å². The maximum atomic E-state index is 13.7. The molecule has 4 heterocycles. The molecule has 4 aromatic heterocycles. The predicted octanol–water partition coefficient (Wildman–Crippen LogP) is 3.58. The van der Waals surface area contributed by atoms with E-state index in [0.717, 1.165) is 0 Å². The number of fused-ring (bicyclic) bond motifs is 2. The third kappa shape index (κ3) is 3.33. The number of hydrogen-bond acceptors (Lipinski definition) is 5. The first-order chi connectivity index (χ1) is 16.6. The van der Waals surface area contributed by atoms with Gasteiger partial charge in [0.1, 0.15) is 35.4 Å². The Kier molecular flexibility index (Phi) is 5.55. The minimum absolute atomic E-state index is 0.256. The molecule has 0 spiro atoms. The van der Waals surface area contributed by atoms with Crippen molar-refractivity contribution in [3.63, 3.8) is 0 Å². The molecule has 34 heavy (non-hydrogen) atoms. The van der Waals surface area contributed by atoms with Crippen molar-refractivity contribution in [3.05, 3.63) is 87.9 Å². The van der Waals surface area contributed by atoms with Gasteiger partial charge in [-0.1, -0.05) is 29.8 Å². The van der Waals surface area contributed by atoms with E-state index in [-0.39, 0.29) is 5.56 Å². The van der Waals surface area contributed by atoms with Crippen molar-refractivity contribution in [3.8, 4) is 17.3 Å². The van der Waals surface area contributed by atoms with Gasteiger partial charge in [-0.3, -0.25) is 9.36 Å². The molecule has 0 amide bonds. The van der Waals surface area contributed by atoms with Crippen LogP contribution in [0, 0.1) is 16.8 Å². The van der Waals surface area contributed by atoms with Crippen molar-refractivity contribution in [2.75, 3.05) is 11.4 Å². The number of halogens is 1. The molecule has 0 fully saturated rings. The minimum Gasteiger partial charge on any atom is -0.345 e. The van der Waals surface area contributed by atoms with Gasteiger partial charge >= 0.3 is 0 Å². The summed E-state index contributed by atoms with van der Waals surface area (Å²) in [4.78, 5) is 27.4. The zero-order chi connectivity index (χ0) is 23.8.